The van der Waals surface area contributed by atoms with E-state index in [1.807, 2.05) is 0 Å². The number of hydrogen-bond donors (Lipinski definition) is 1. The molecular formula is C6H4FIS. The molecule has 0 bridgehead atoms. The molecule has 0 spiro atoms. The van der Waals surface area contributed by atoms with E-state index in [2.05, 4.69) is 35.2 Å². The van der Waals surface area contributed by atoms with E-state index in [0.717, 1.165) is 3.57 Å². The van der Waals surface area contributed by atoms with Crippen molar-refractivity contribution in [1.82, 2.24) is 0 Å². The largest absolute Gasteiger partial charge is 0.207 e. The molecular weight excluding hydrogens is 250 g/mol. The van der Waals surface area contributed by atoms with Crippen LogP contribution in [0.3, 0.4) is 0 Å². The molecule has 0 unspecified atom stereocenters. The van der Waals surface area contributed by atoms with E-state index in [1.165, 1.54) is 12.1 Å². The molecule has 0 amide bonds. The molecule has 1 aromatic carbocycles. The molecule has 48 valence electrons. The maximum absolute atomic E-state index is 12.3. The molecule has 0 aliphatic heterocycles. The van der Waals surface area contributed by atoms with Gasteiger partial charge < -0.3 is 0 Å². The summed E-state index contributed by atoms with van der Waals surface area (Å²) < 4.78 is 13.3. The summed E-state index contributed by atoms with van der Waals surface area (Å²) in [7, 11) is 0. The molecule has 0 saturated carbocycles. The first kappa shape index (κ1) is 7.34. The fourth-order valence-electron chi connectivity index (χ4n) is 0.486. The van der Waals surface area contributed by atoms with E-state index in [4.69, 9.17) is 0 Å². The van der Waals surface area contributed by atoms with Gasteiger partial charge in [-0.25, -0.2) is 4.39 Å². The zero-order chi connectivity index (χ0) is 6.85. The minimum Gasteiger partial charge on any atom is -0.207 e. The van der Waals surface area contributed by atoms with Crippen molar-refractivity contribution in [3.63, 3.8) is 0 Å². The Hall–Kier alpha value is 0.230. The van der Waals surface area contributed by atoms with Gasteiger partial charge in [-0.2, -0.15) is 0 Å². The predicted molar refractivity (Wildman–Crippen MR) is 46.4 cm³/mol. The van der Waals surface area contributed by atoms with Gasteiger partial charge in [0.1, 0.15) is 5.82 Å². The second kappa shape index (κ2) is 2.88. The number of benzene rings is 1. The Morgan fingerprint density at radius 3 is 2.56 bits per heavy atom. The van der Waals surface area contributed by atoms with Gasteiger partial charge in [0.15, 0.2) is 0 Å². The molecule has 0 aromatic heterocycles. The van der Waals surface area contributed by atoms with Crippen LogP contribution in [0, 0.1) is 9.39 Å². The first-order valence-corrected chi connectivity index (χ1v) is 3.87. The van der Waals surface area contributed by atoms with Crippen molar-refractivity contribution in [3.05, 3.63) is 27.6 Å². The standard InChI is InChI=1S/C6H4FIS/c7-4-1-2-5(8)6(9)3-4/h1-3,9H. The minimum absolute atomic E-state index is 0.236. The van der Waals surface area contributed by atoms with Gasteiger partial charge in [-0.05, 0) is 40.8 Å². The second-order valence-electron chi connectivity index (χ2n) is 1.60. The number of rotatable bonds is 0. The van der Waals surface area contributed by atoms with E-state index in [9.17, 15) is 4.39 Å². The lowest BCUT2D eigenvalue weighted by atomic mass is 10.3. The van der Waals surface area contributed by atoms with E-state index >= 15 is 0 Å². The summed E-state index contributed by atoms with van der Waals surface area (Å²) in [4.78, 5) is 0.690. The van der Waals surface area contributed by atoms with Crippen molar-refractivity contribution in [3.8, 4) is 0 Å². The Balaban J connectivity index is 3.17. The summed E-state index contributed by atoms with van der Waals surface area (Å²) in [6, 6.07) is 4.50. The van der Waals surface area contributed by atoms with Gasteiger partial charge >= 0.3 is 0 Å². The molecule has 1 rings (SSSR count). The van der Waals surface area contributed by atoms with Crippen molar-refractivity contribution >= 4 is 35.2 Å². The van der Waals surface area contributed by atoms with Crippen LogP contribution in [0.1, 0.15) is 0 Å². The van der Waals surface area contributed by atoms with Gasteiger partial charge in [0.2, 0.25) is 0 Å². The summed E-state index contributed by atoms with van der Waals surface area (Å²) in [5.41, 5.74) is 0. The third-order valence-electron chi connectivity index (χ3n) is 0.908. The van der Waals surface area contributed by atoms with Crippen LogP contribution in [0.2, 0.25) is 0 Å². The lowest BCUT2D eigenvalue weighted by molar-refractivity contribution is 0.623. The van der Waals surface area contributed by atoms with Crippen molar-refractivity contribution in [2.24, 2.45) is 0 Å². The van der Waals surface area contributed by atoms with Gasteiger partial charge in [0.25, 0.3) is 0 Å². The predicted octanol–water partition coefficient (Wildman–Crippen LogP) is 2.72. The maximum Gasteiger partial charge on any atom is 0.124 e. The second-order valence-corrected chi connectivity index (χ2v) is 3.24. The SMILES string of the molecule is Fc1ccc(I)c(S)c1. The molecule has 0 aliphatic rings. The fourth-order valence-corrected chi connectivity index (χ4v) is 1.02. The van der Waals surface area contributed by atoms with E-state index in [0.29, 0.717) is 4.90 Å². The van der Waals surface area contributed by atoms with Crippen molar-refractivity contribution < 1.29 is 4.39 Å². The summed E-state index contributed by atoms with van der Waals surface area (Å²) >= 11 is 6.12. The zero-order valence-electron chi connectivity index (χ0n) is 4.44. The Morgan fingerprint density at radius 2 is 2.11 bits per heavy atom. The maximum atomic E-state index is 12.3. The molecule has 0 saturated heterocycles. The Labute approximate surface area is 72.0 Å². The van der Waals surface area contributed by atoms with Crippen LogP contribution < -0.4 is 0 Å². The summed E-state index contributed by atoms with van der Waals surface area (Å²) in [6.45, 7) is 0. The Morgan fingerprint density at radius 1 is 1.44 bits per heavy atom. The Bertz CT molecular complexity index is 224. The van der Waals surface area contributed by atoms with E-state index in [-0.39, 0.29) is 5.82 Å². The molecule has 9 heavy (non-hydrogen) atoms. The monoisotopic (exact) mass is 254 g/mol. The van der Waals surface area contributed by atoms with E-state index < -0.39 is 0 Å². The number of thiol groups is 1. The molecule has 0 nitrogen and oxygen atoms in total. The fraction of sp³-hybridized carbons (Fsp3) is 0. The molecule has 0 radical (unpaired) electrons. The van der Waals surface area contributed by atoms with Gasteiger partial charge in [0.05, 0.1) is 0 Å². The van der Waals surface area contributed by atoms with Gasteiger partial charge in [-0.15, -0.1) is 12.6 Å². The van der Waals surface area contributed by atoms with Gasteiger partial charge in [-0.1, -0.05) is 0 Å². The average molecular weight is 254 g/mol. The molecule has 0 atom stereocenters. The van der Waals surface area contributed by atoms with Crippen LogP contribution in [-0.2, 0) is 0 Å². The lowest BCUT2D eigenvalue weighted by Crippen LogP contribution is -1.76. The first-order valence-electron chi connectivity index (χ1n) is 2.34. The van der Waals surface area contributed by atoms with Crippen LogP contribution in [0.5, 0.6) is 0 Å². The van der Waals surface area contributed by atoms with Gasteiger partial charge in [0, 0.05) is 8.47 Å². The highest BCUT2D eigenvalue weighted by Crippen LogP contribution is 2.16. The molecule has 1 aromatic rings. The highest BCUT2D eigenvalue weighted by Gasteiger charge is 1.94. The normalized spacial score (nSPS) is 9.67. The van der Waals surface area contributed by atoms with Crippen LogP contribution in [0.25, 0.3) is 0 Å². The highest BCUT2D eigenvalue weighted by molar-refractivity contribution is 14.1. The van der Waals surface area contributed by atoms with Crippen molar-refractivity contribution in [1.29, 1.82) is 0 Å². The highest BCUT2D eigenvalue weighted by atomic mass is 127. The van der Waals surface area contributed by atoms with E-state index in [1.54, 1.807) is 6.07 Å². The zero-order valence-corrected chi connectivity index (χ0v) is 7.49. The van der Waals surface area contributed by atoms with Crippen LogP contribution in [-0.4, -0.2) is 0 Å². The summed E-state index contributed by atoms with van der Waals surface area (Å²) in [6.07, 6.45) is 0. The molecule has 0 fully saturated rings. The first-order chi connectivity index (χ1) is 4.20. The third kappa shape index (κ3) is 1.82. The summed E-state index contributed by atoms with van der Waals surface area (Å²) in [5, 5.41) is 0. The average Bonchev–Trinajstić information content (AvgIpc) is 1.80. The molecule has 0 N–H and O–H groups in total. The Kier molecular flexibility index (Phi) is 2.35. The van der Waals surface area contributed by atoms with Crippen LogP contribution >= 0.6 is 35.2 Å². The summed E-state index contributed by atoms with van der Waals surface area (Å²) in [5.74, 6) is -0.236. The lowest BCUT2D eigenvalue weighted by Gasteiger charge is -1.93. The number of hydrogen-bond acceptors (Lipinski definition) is 1. The molecule has 0 heterocycles. The topological polar surface area (TPSA) is 0 Å². The molecule has 0 aliphatic carbocycles. The van der Waals surface area contributed by atoms with Crippen molar-refractivity contribution in [2.75, 3.05) is 0 Å². The van der Waals surface area contributed by atoms with Crippen LogP contribution in [0.15, 0.2) is 23.1 Å². The van der Waals surface area contributed by atoms with Crippen molar-refractivity contribution in [2.45, 2.75) is 4.90 Å². The smallest absolute Gasteiger partial charge is 0.124 e. The molecule has 3 heteroatoms. The quantitative estimate of drug-likeness (QED) is 0.534. The van der Waals surface area contributed by atoms with Gasteiger partial charge in [-0.3, -0.25) is 0 Å². The number of halogens is 2. The minimum atomic E-state index is -0.236. The third-order valence-corrected chi connectivity index (χ3v) is 2.65. The van der Waals surface area contributed by atoms with Crippen LogP contribution in [0.4, 0.5) is 4.39 Å².